The molecule has 7 nitrogen and oxygen atoms in total. The zero-order valence-electron chi connectivity index (χ0n) is 13.9. The number of aliphatic hydroxyl groups excluding tert-OH is 1. The number of aromatic nitrogens is 3. The van der Waals surface area contributed by atoms with Crippen molar-refractivity contribution in [2.75, 3.05) is 30.0 Å². The van der Waals surface area contributed by atoms with Crippen LogP contribution in [0, 0.1) is 0 Å². The lowest BCUT2D eigenvalue weighted by Gasteiger charge is -2.24. The smallest absolute Gasteiger partial charge is 0.218 e. The highest BCUT2D eigenvalue weighted by atomic mass is 16.5. The van der Waals surface area contributed by atoms with Crippen molar-refractivity contribution in [3.05, 3.63) is 36.3 Å². The van der Waals surface area contributed by atoms with Gasteiger partial charge in [-0.15, -0.1) is 0 Å². The minimum Gasteiger partial charge on any atom is -0.478 e. The van der Waals surface area contributed by atoms with Gasteiger partial charge in [0, 0.05) is 30.9 Å². The molecule has 0 spiro atoms. The van der Waals surface area contributed by atoms with Gasteiger partial charge in [0.05, 0.1) is 19.3 Å². The molecule has 0 unspecified atom stereocenters. The second kappa shape index (κ2) is 7.92. The predicted octanol–water partition coefficient (Wildman–Crippen LogP) is 1.84. The van der Waals surface area contributed by atoms with Crippen LogP contribution in [-0.4, -0.2) is 45.9 Å². The molecule has 1 atom stereocenters. The highest BCUT2D eigenvalue weighted by molar-refractivity contribution is 5.50. The molecule has 1 aliphatic heterocycles. The van der Waals surface area contributed by atoms with Crippen LogP contribution in [0.4, 0.5) is 11.6 Å². The second-order valence-corrected chi connectivity index (χ2v) is 5.69. The molecule has 24 heavy (non-hydrogen) atoms. The molecule has 2 aromatic rings. The Labute approximate surface area is 141 Å². The summed E-state index contributed by atoms with van der Waals surface area (Å²) < 4.78 is 5.54. The number of anilines is 2. The number of hydrogen-bond donors (Lipinski definition) is 2. The summed E-state index contributed by atoms with van der Waals surface area (Å²) >= 11 is 0. The topological polar surface area (TPSA) is 83.4 Å². The van der Waals surface area contributed by atoms with Crippen LogP contribution >= 0.6 is 0 Å². The molecule has 0 saturated carbocycles. The molecule has 3 heterocycles. The van der Waals surface area contributed by atoms with Crippen LogP contribution in [0.15, 0.2) is 30.7 Å². The average Bonchev–Trinajstić information content (AvgIpc) is 3.10. The molecule has 0 aliphatic carbocycles. The maximum Gasteiger partial charge on any atom is 0.218 e. The van der Waals surface area contributed by atoms with Crippen LogP contribution in [0.3, 0.4) is 0 Å². The quantitative estimate of drug-likeness (QED) is 0.802. The van der Waals surface area contributed by atoms with Crippen molar-refractivity contribution in [1.29, 1.82) is 0 Å². The number of nitrogens with one attached hydrogen (secondary N) is 1. The number of nitrogens with zero attached hydrogens (tertiary/aromatic N) is 4. The van der Waals surface area contributed by atoms with Gasteiger partial charge in [-0.05, 0) is 25.8 Å². The Kier molecular flexibility index (Phi) is 5.43. The van der Waals surface area contributed by atoms with Gasteiger partial charge in [0.25, 0.3) is 0 Å². The van der Waals surface area contributed by atoms with E-state index in [1.807, 2.05) is 25.1 Å². The molecule has 2 aromatic heterocycles. The van der Waals surface area contributed by atoms with Gasteiger partial charge < -0.3 is 20.1 Å². The molecule has 0 aromatic carbocycles. The Balaban J connectivity index is 1.69. The minimum atomic E-state index is 0.149. The van der Waals surface area contributed by atoms with E-state index in [0.717, 1.165) is 36.6 Å². The van der Waals surface area contributed by atoms with Crippen LogP contribution in [-0.2, 0) is 6.54 Å². The first-order valence-electron chi connectivity index (χ1n) is 8.32. The van der Waals surface area contributed by atoms with E-state index in [0.29, 0.717) is 19.0 Å². The Morgan fingerprint density at radius 1 is 1.38 bits per heavy atom. The first-order valence-corrected chi connectivity index (χ1v) is 8.32. The maximum atomic E-state index is 9.48. The van der Waals surface area contributed by atoms with E-state index in [4.69, 9.17) is 4.74 Å². The Hall–Kier alpha value is -2.41. The number of aliphatic hydroxyl groups is 1. The van der Waals surface area contributed by atoms with E-state index in [-0.39, 0.29) is 12.6 Å². The van der Waals surface area contributed by atoms with E-state index in [2.05, 4.69) is 25.2 Å². The van der Waals surface area contributed by atoms with Crippen LogP contribution < -0.4 is 15.0 Å². The molecule has 1 fully saturated rings. The van der Waals surface area contributed by atoms with Gasteiger partial charge in [-0.3, -0.25) is 0 Å². The summed E-state index contributed by atoms with van der Waals surface area (Å²) in [5.74, 6) is 2.23. The number of pyridine rings is 1. The van der Waals surface area contributed by atoms with Crippen molar-refractivity contribution >= 4 is 11.6 Å². The fraction of sp³-hybridized carbons (Fsp3) is 0.471. The third-order valence-corrected chi connectivity index (χ3v) is 4.13. The fourth-order valence-electron chi connectivity index (χ4n) is 2.94. The summed E-state index contributed by atoms with van der Waals surface area (Å²) in [6.07, 6.45) is 5.35. The molecule has 1 aliphatic rings. The fourth-order valence-corrected chi connectivity index (χ4v) is 2.94. The van der Waals surface area contributed by atoms with Crippen LogP contribution in [0.5, 0.6) is 5.88 Å². The zero-order chi connectivity index (χ0) is 16.8. The zero-order valence-corrected chi connectivity index (χ0v) is 13.9. The van der Waals surface area contributed by atoms with Crippen molar-refractivity contribution in [2.45, 2.75) is 32.4 Å². The highest BCUT2D eigenvalue weighted by Crippen LogP contribution is 2.25. The van der Waals surface area contributed by atoms with E-state index >= 15 is 0 Å². The van der Waals surface area contributed by atoms with Gasteiger partial charge in [-0.2, -0.15) is 0 Å². The first-order chi connectivity index (χ1) is 11.8. The molecule has 1 saturated heterocycles. The summed E-state index contributed by atoms with van der Waals surface area (Å²) in [6.45, 7) is 4.16. The summed E-state index contributed by atoms with van der Waals surface area (Å²) in [4.78, 5) is 15.0. The van der Waals surface area contributed by atoms with Crippen molar-refractivity contribution in [2.24, 2.45) is 0 Å². The Morgan fingerprint density at radius 2 is 2.29 bits per heavy atom. The monoisotopic (exact) mass is 329 g/mol. The third-order valence-electron chi connectivity index (χ3n) is 4.13. The summed E-state index contributed by atoms with van der Waals surface area (Å²) in [6, 6.07) is 5.94. The lowest BCUT2D eigenvalue weighted by molar-refractivity contribution is 0.266. The van der Waals surface area contributed by atoms with Gasteiger partial charge in [-0.25, -0.2) is 15.0 Å². The van der Waals surface area contributed by atoms with Gasteiger partial charge in [0.1, 0.15) is 18.0 Å². The molecule has 2 N–H and O–H groups in total. The SMILES string of the molecule is CCOc1ncccc1CNc1cc(N2CCC[C@@H]2CO)ncn1. The third kappa shape index (κ3) is 3.73. The van der Waals surface area contributed by atoms with Gasteiger partial charge in [0.15, 0.2) is 0 Å². The minimum absolute atomic E-state index is 0.149. The lowest BCUT2D eigenvalue weighted by Crippen LogP contribution is -2.32. The molecule has 128 valence electrons. The standard InChI is InChI=1S/C17H23N5O2/c1-2-24-17-13(5-3-7-18-17)10-19-15-9-16(21-12-20-15)22-8-4-6-14(22)11-23/h3,5,7,9,12,14,23H,2,4,6,8,10-11H2,1H3,(H,19,20,21)/t14-/m1/s1. The normalized spacial score (nSPS) is 17.1. The van der Waals surface area contributed by atoms with Crippen molar-refractivity contribution < 1.29 is 9.84 Å². The molecular weight excluding hydrogens is 306 g/mol. The molecular formula is C17H23N5O2. The average molecular weight is 329 g/mol. The van der Waals surface area contributed by atoms with Crippen molar-refractivity contribution in [3.8, 4) is 5.88 Å². The lowest BCUT2D eigenvalue weighted by atomic mass is 10.2. The summed E-state index contributed by atoms with van der Waals surface area (Å²) in [5, 5.41) is 12.8. The molecule has 3 rings (SSSR count). The molecule has 7 heteroatoms. The Morgan fingerprint density at radius 3 is 3.12 bits per heavy atom. The number of rotatable bonds is 7. The summed E-state index contributed by atoms with van der Waals surface area (Å²) in [7, 11) is 0. The van der Waals surface area contributed by atoms with Crippen molar-refractivity contribution in [1.82, 2.24) is 15.0 Å². The molecule has 0 bridgehead atoms. The first kappa shape index (κ1) is 16.4. The van der Waals surface area contributed by atoms with E-state index in [9.17, 15) is 5.11 Å². The molecule has 0 radical (unpaired) electrons. The van der Waals surface area contributed by atoms with Crippen LogP contribution in [0.2, 0.25) is 0 Å². The van der Waals surface area contributed by atoms with Crippen LogP contribution in [0.25, 0.3) is 0 Å². The number of ether oxygens (including phenoxy) is 1. The predicted molar refractivity (Wildman–Crippen MR) is 92.2 cm³/mol. The second-order valence-electron chi connectivity index (χ2n) is 5.69. The van der Waals surface area contributed by atoms with Gasteiger partial charge in [0.2, 0.25) is 5.88 Å². The maximum absolute atomic E-state index is 9.48. The van der Waals surface area contributed by atoms with Gasteiger partial charge >= 0.3 is 0 Å². The highest BCUT2D eigenvalue weighted by Gasteiger charge is 2.25. The van der Waals surface area contributed by atoms with E-state index in [1.165, 1.54) is 0 Å². The molecule has 0 amide bonds. The van der Waals surface area contributed by atoms with Crippen LogP contribution in [0.1, 0.15) is 25.3 Å². The Bertz CT molecular complexity index is 667. The largest absolute Gasteiger partial charge is 0.478 e. The van der Waals surface area contributed by atoms with E-state index in [1.54, 1.807) is 12.5 Å². The van der Waals surface area contributed by atoms with Crippen molar-refractivity contribution in [3.63, 3.8) is 0 Å². The van der Waals surface area contributed by atoms with E-state index < -0.39 is 0 Å². The number of hydrogen-bond acceptors (Lipinski definition) is 7. The summed E-state index contributed by atoms with van der Waals surface area (Å²) in [5.41, 5.74) is 0.980. The van der Waals surface area contributed by atoms with Gasteiger partial charge in [-0.1, -0.05) is 6.07 Å².